The van der Waals surface area contributed by atoms with Gasteiger partial charge >= 0.3 is 0 Å². The molecule has 0 bridgehead atoms. The molecule has 0 aromatic heterocycles. The van der Waals surface area contributed by atoms with E-state index >= 15 is 0 Å². The van der Waals surface area contributed by atoms with Crippen LogP contribution < -0.4 is 0 Å². The molecular weight excluding hydrogens is 313 g/mol. The number of halogens is 1. The molecule has 0 amide bonds. The smallest absolute Gasteiger partial charge is 0.175 e. The van der Waals surface area contributed by atoms with E-state index in [1.54, 1.807) is 24.3 Å². The first kappa shape index (κ1) is 15.9. The number of benzene rings is 2. The zero-order chi connectivity index (χ0) is 16.6. The van der Waals surface area contributed by atoms with Crippen LogP contribution >= 0.6 is 0 Å². The van der Waals surface area contributed by atoms with E-state index in [2.05, 4.69) is 4.90 Å². The molecule has 0 aliphatic carbocycles. The molecule has 3 rings (SSSR count). The van der Waals surface area contributed by atoms with Crippen LogP contribution in [0.4, 0.5) is 4.39 Å². The number of hydrogen-bond donors (Lipinski definition) is 0. The van der Waals surface area contributed by atoms with Gasteiger partial charge in [0.25, 0.3) is 0 Å². The lowest BCUT2D eigenvalue weighted by atomic mass is 9.97. The molecule has 3 nitrogen and oxygen atoms in total. The first-order chi connectivity index (χ1) is 10.8. The maximum Gasteiger partial charge on any atom is 0.175 e. The summed E-state index contributed by atoms with van der Waals surface area (Å²) >= 11 is 0. The Morgan fingerprint density at radius 1 is 0.870 bits per heavy atom. The second kappa shape index (κ2) is 5.91. The van der Waals surface area contributed by atoms with Gasteiger partial charge in [0.1, 0.15) is 5.82 Å². The Kier molecular flexibility index (Phi) is 4.08. The third-order valence-electron chi connectivity index (χ3n) is 4.04. The molecule has 0 saturated heterocycles. The molecule has 0 atom stereocenters. The van der Waals surface area contributed by atoms with Crippen molar-refractivity contribution in [3.05, 3.63) is 65.5 Å². The van der Waals surface area contributed by atoms with E-state index in [4.69, 9.17) is 0 Å². The van der Waals surface area contributed by atoms with Gasteiger partial charge in [-0.05, 0) is 53.6 Å². The number of nitrogens with zero attached hydrogens (tertiary/aromatic N) is 1. The molecule has 0 unspecified atom stereocenters. The Morgan fingerprint density at radius 2 is 1.30 bits per heavy atom. The number of rotatable bonds is 3. The predicted octanol–water partition coefficient (Wildman–Crippen LogP) is 3.09. The lowest BCUT2D eigenvalue weighted by Crippen LogP contribution is -2.14. The maximum atomic E-state index is 13.1. The highest BCUT2D eigenvalue weighted by atomic mass is 32.2. The van der Waals surface area contributed by atoms with Crippen LogP contribution in [0.15, 0.2) is 53.4 Å². The van der Waals surface area contributed by atoms with Gasteiger partial charge in [0, 0.05) is 19.3 Å². The van der Waals surface area contributed by atoms with Gasteiger partial charge in [-0.15, -0.1) is 0 Å². The van der Waals surface area contributed by atoms with E-state index in [1.165, 1.54) is 18.4 Å². The van der Waals surface area contributed by atoms with Gasteiger partial charge in [0.15, 0.2) is 9.84 Å². The summed E-state index contributed by atoms with van der Waals surface area (Å²) in [7, 11) is -1.16. The fraction of sp³-hybridized carbons (Fsp3) is 0.222. The van der Waals surface area contributed by atoms with Crippen LogP contribution in [0.1, 0.15) is 11.1 Å². The predicted molar refractivity (Wildman–Crippen MR) is 90.3 cm³/mol. The summed E-state index contributed by atoms with van der Waals surface area (Å²) in [5.74, 6) is -0.250. The molecule has 0 N–H and O–H groups in total. The Morgan fingerprint density at radius 3 is 1.74 bits per heavy atom. The summed E-state index contributed by atoms with van der Waals surface area (Å²) in [5, 5.41) is 0. The normalized spacial score (nSPS) is 16.1. The number of sulfone groups is 1. The van der Waals surface area contributed by atoms with Crippen molar-refractivity contribution in [3.8, 4) is 0 Å². The van der Waals surface area contributed by atoms with E-state index in [0.717, 1.165) is 35.4 Å². The summed E-state index contributed by atoms with van der Waals surface area (Å²) < 4.78 is 36.3. The molecule has 5 heteroatoms. The van der Waals surface area contributed by atoms with Crippen molar-refractivity contribution in [3.63, 3.8) is 0 Å². The zero-order valence-electron chi connectivity index (χ0n) is 13.1. The highest BCUT2D eigenvalue weighted by Crippen LogP contribution is 2.33. The molecule has 120 valence electrons. The summed E-state index contributed by atoms with van der Waals surface area (Å²) in [6, 6.07) is 13.5. The van der Waals surface area contributed by atoms with Gasteiger partial charge < -0.3 is 0 Å². The van der Waals surface area contributed by atoms with Crippen LogP contribution in [-0.2, 0) is 9.84 Å². The van der Waals surface area contributed by atoms with E-state index in [-0.39, 0.29) is 5.82 Å². The molecule has 1 aliphatic rings. The molecule has 0 spiro atoms. The topological polar surface area (TPSA) is 37.4 Å². The van der Waals surface area contributed by atoms with Crippen LogP contribution in [0.5, 0.6) is 0 Å². The first-order valence-electron chi connectivity index (χ1n) is 7.31. The zero-order valence-corrected chi connectivity index (χ0v) is 13.9. The van der Waals surface area contributed by atoms with Crippen molar-refractivity contribution in [1.82, 2.24) is 4.90 Å². The van der Waals surface area contributed by atoms with E-state index in [9.17, 15) is 12.8 Å². The van der Waals surface area contributed by atoms with Crippen LogP contribution in [-0.4, -0.2) is 39.7 Å². The van der Waals surface area contributed by atoms with E-state index < -0.39 is 9.84 Å². The van der Waals surface area contributed by atoms with Crippen LogP contribution in [0.3, 0.4) is 0 Å². The molecular formula is C18H18FNO2S. The Balaban J connectivity index is 2.04. The van der Waals surface area contributed by atoms with Gasteiger partial charge in [-0.3, -0.25) is 4.90 Å². The van der Waals surface area contributed by atoms with Gasteiger partial charge in [-0.2, -0.15) is 0 Å². The Labute approximate surface area is 136 Å². The third kappa shape index (κ3) is 3.35. The van der Waals surface area contributed by atoms with Gasteiger partial charge in [0.05, 0.1) is 4.90 Å². The van der Waals surface area contributed by atoms with Crippen molar-refractivity contribution < 1.29 is 12.8 Å². The molecule has 0 fully saturated rings. The molecule has 0 radical (unpaired) electrons. The van der Waals surface area contributed by atoms with Gasteiger partial charge in [-0.1, -0.05) is 24.3 Å². The minimum atomic E-state index is -3.19. The largest absolute Gasteiger partial charge is 0.298 e. The molecule has 2 aromatic carbocycles. The second-order valence-corrected chi connectivity index (χ2v) is 7.95. The summed E-state index contributed by atoms with van der Waals surface area (Å²) in [6.07, 6.45) is 1.20. The lowest BCUT2D eigenvalue weighted by molar-refractivity contribution is 0.442. The fourth-order valence-electron chi connectivity index (χ4n) is 2.87. The average Bonchev–Trinajstić information content (AvgIpc) is 2.89. The second-order valence-electron chi connectivity index (χ2n) is 5.93. The quantitative estimate of drug-likeness (QED) is 0.867. The summed E-state index contributed by atoms with van der Waals surface area (Å²) in [5.41, 5.74) is 4.30. The van der Waals surface area contributed by atoms with Crippen LogP contribution in [0.25, 0.3) is 11.1 Å². The van der Waals surface area contributed by atoms with Gasteiger partial charge in [0.2, 0.25) is 0 Å². The van der Waals surface area contributed by atoms with Crippen molar-refractivity contribution in [1.29, 1.82) is 0 Å². The molecule has 23 heavy (non-hydrogen) atoms. The minimum absolute atomic E-state index is 0.250. The molecule has 1 heterocycles. The summed E-state index contributed by atoms with van der Waals surface area (Å²) in [4.78, 5) is 2.50. The minimum Gasteiger partial charge on any atom is -0.298 e. The third-order valence-corrected chi connectivity index (χ3v) is 5.17. The molecule has 0 saturated carbocycles. The van der Waals surface area contributed by atoms with Crippen molar-refractivity contribution in [2.45, 2.75) is 4.90 Å². The van der Waals surface area contributed by atoms with Gasteiger partial charge in [-0.25, -0.2) is 12.8 Å². The van der Waals surface area contributed by atoms with E-state index in [1.807, 2.05) is 19.2 Å². The van der Waals surface area contributed by atoms with Crippen molar-refractivity contribution in [2.24, 2.45) is 0 Å². The molecule has 1 aliphatic heterocycles. The SMILES string of the molecule is CN1CC(c2ccc(F)cc2)=C(c2ccc(S(C)(=O)=O)cc2)C1. The number of likely N-dealkylation sites (N-methyl/N-ethyl adjacent to an activating group) is 1. The standard InChI is InChI=1S/C18H18FNO2S/c1-20-11-17(13-3-7-15(19)8-4-13)18(12-20)14-5-9-16(10-6-14)23(2,21)22/h3-10H,11-12H2,1-2H3. The average molecular weight is 331 g/mol. The highest BCUT2D eigenvalue weighted by molar-refractivity contribution is 7.90. The van der Waals surface area contributed by atoms with E-state index in [0.29, 0.717) is 4.90 Å². The lowest BCUT2D eigenvalue weighted by Gasteiger charge is -2.08. The Hall–Kier alpha value is -1.98. The molecule has 2 aromatic rings. The monoisotopic (exact) mass is 331 g/mol. The first-order valence-corrected chi connectivity index (χ1v) is 9.21. The van der Waals surface area contributed by atoms with Crippen LogP contribution in [0, 0.1) is 5.82 Å². The van der Waals surface area contributed by atoms with Crippen LogP contribution in [0.2, 0.25) is 0 Å². The summed E-state index contributed by atoms with van der Waals surface area (Å²) in [6.45, 7) is 1.57. The maximum absolute atomic E-state index is 13.1. The highest BCUT2D eigenvalue weighted by Gasteiger charge is 2.21. The fourth-order valence-corrected chi connectivity index (χ4v) is 3.50. The Bertz CT molecular complexity index is 853. The number of hydrogen-bond acceptors (Lipinski definition) is 3. The van der Waals surface area contributed by atoms with Crippen molar-refractivity contribution in [2.75, 3.05) is 26.4 Å². The van der Waals surface area contributed by atoms with Crippen molar-refractivity contribution >= 4 is 21.0 Å².